The molecule has 3 rings (SSSR count). The molecule has 1 aromatic carbocycles. The van der Waals surface area contributed by atoms with Gasteiger partial charge in [-0.25, -0.2) is 0 Å². The van der Waals surface area contributed by atoms with E-state index in [1.807, 2.05) is 4.90 Å². The van der Waals surface area contributed by atoms with E-state index < -0.39 is 4.92 Å². The van der Waals surface area contributed by atoms with Gasteiger partial charge in [-0.15, -0.1) is 0 Å². The lowest BCUT2D eigenvalue weighted by Crippen LogP contribution is -2.36. The lowest BCUT2D eigenvalue weighted by atomic mass is 9.97. The molecule has 0 saturated carbocycles. The average molecular weight is 359 g/mol. The van der Waals surface area contributed by atoms with Gasteiger partial charge in [0.05, 0.1) is 18.1 Å². The van der Waals surface area contributed by atoms with E-state index >= 15 is 0 Å². The number of morpholine rings is 1. The molecule has 1 amide bonds. The highest BCUT2D eigenvalue weighted by atomic mass is 16.6. The number of ether oxygens (including phenoxy) is 1. The molecule has 0 bridgehead atoms. The molecule has 2 aliphatic rings. The predicted molar refractivity (Wildman–Crippen MR) is 99.6 cm³/mol. The second-order valence-corrected chi connectivity index (χ2v) is 6.67. The van der Waals surface area contributed by atoms with Crippen LogP contribution in [0.3, 0.4) is 0 Å². The Hall–Kier alpha value is -2.41. The molecular formula is C19H25N3O4. The van der Waals surface area contributed by atoms with E-state index in [1.54, 1.807) is 12.1 Å². The topological polar surface area (TPSA) is 84.7 Å². The maximum Gasteiger partial charge on any atom is 0.293 e. The van der Waals surface area contributed by atoms with Crippen molar-refractivity contribution in [3.8, 4) is 0 Å². The fraction of sp³-hybridized carbons (Fsp3) is 0.526. The Labute approximate surface area is 153 Å². The maximum atomic E-state index is 12.4. The molecule has 0 atom stereocenters. The van der Waals surface area contributed by atoms with Gasteiger partial charge in [0.15, 0.2) is 0 Å². The molecule has 0 aromatic heterocycles. The summed E-state index contributed by atoms with van der Waals surface area (Å²) in [4.78, 5) is 25.3. The summed E-state index contributed by atoms with van der Waals surface area (Å²) in [7, 11) is 0. The molecule has 0 radical (unpaired) electrons. The van der Waals surface area contributed by atoms with Gasteiger partial charge in [-0.05, 0) is 44.2 Å². The third kappa shape index (κ3) is 4.60. The molecule has 140 valence electrons. The van der Waals surface area contributed by atoms with Crippen molar-refractivity contribution in [2.75, 3.05) is 37.7 Å². The van der Waals surface area contributed by atoms with E-state index in [1.165, 1.54) is 24.5 Å². The first-order chi connectivity index (χ1) is 12.6. The van der Waals surface area contributed by atoms with Gasteiger partial charge < -0.3 is 15.0 Å². The van der Waals surface area contributed by atoms with Crippen molar-refractivity contribution in [3.63, 3.8) is 0 Å². The van der Waals surface area contributed by atoms with Crippen molar-refractivity contribution in [1.29, 1.82) is 0 Å². The molecule has 0 unspecified atom stereocenters. The van der Waals surface area contributed by atoms with Crippen LogP contribution in [0.1, 0.15) is 42.5 Å². The number of nitro groups is 1. The monoisotopic (exact) mass is 359 g/mol. The molecule has 7 heteroatoms. The van der Waals surface area contributed by atoms with Gasteiger partial charge >= 0.3 is 0 Å². The molecule has 26 heavy (non-hydrogen) atoms. The molecule has 1 aromatic rings. The van der Waals surface area contributed by atoms with Crippen LogP contribution in [0.5, 0.6) is 0 Å². The molecular weight excluding hydrogens is 334 g/mol. The molecule has 1 saturated heterocycles. The van der Waals surface area contributed by atoms with E-state index in [0.29, 0.717) is 44.1 Å². The summed E-state index contributed by atoms with van der Waals surface area (Å²) in [5, 5.41) is 14.3. The Kier molecular flexibility index (Phi) is 6.22. The van der Waals surface area contributed by atoms with Gasteiger partial charge in [-0.3, -0.25) is 14.9 Å². The van der Waals surface area contributed by atoms with Crippen molar-refractivity contribution in [2.24, 2.45) is 0 Å². The largest absolute Gasteiger partial charge is 0.378 e. The molecule has 7 nitrogen and oxygen atoms in total. The third-order valence-electron chi connectivity index (χ3n) is 4.90. The highest BCUT2D eigenvalue weighted by Crippen LogP contribution is 2.30. The zero-order valence-electron chi connectivity index (χ0n) is 14.9. The van der Waals surface area contributed by atoms with Crippen LogP contribution < -0.4 is 10.2 Å². The van der Waals surface area contributed by atoms with Crippen LogP contribution in [0.2, 0.25) is 0 Å². The number of rotatable bonds is 6. The molecule has 1 fully saturated rings. The van der Waals surface area contributed by atoms with Crippen molar-refractivity contribution in [1.82, 2.24) is 5.32 Å². The van der Waals surface area contributed by atoms with Crippen molar-refractivity contribution in [2.45, 2.75) is 32.1 Å². The highest BCUT2D eigenvalue weighted by molar-refractivity contribution is 5.95. The summed E-state index contributed by atoms with van der Waals surface area (Å²) in [5.74, 6) is -0.266. The van der Waals surface area contributed by atoms with E-state index in [0.717, 1.165) is 19.3 Å². The van der Waals surface area contributed by atoms with Gasteiger partial charge in [-0.2, -0.15) is 0 Å². The summed E-state index contributed by atoms with van der Waals surface area (Å²) in [5.41, 5.74) is 2.23. The number of nitrogens with zero attached hydrogens (tertiary/aromatic N) is 2. The van der Waals surface area contributed by atoms with E-state index in [4.69, 9.17) is 4.74 Å². The van der Waals surface area contributed by atoms with Crippen LogP contribution in [0.25, 0.3) is 0 Å². The fourth-order valence-corrected chi connectivity index (χ4v) is 3.45. The number of carbonyl (C=O) groups excluding carboxylic acids is 1. The van der Waals surface area contributed by atoms with Crippen LogP contribution >= 0.6 is 0 Å². The second kappa shape index (κ2) is 8.80. The van der Waals surface area contributed by atoms with Crippen molar-refractivity contribution < 1.29 is 14.5 Å². The van der Waals surface area contributed by atoms with Gasteiger partial charge in [0.1, 0.15) is 5.69 Å². The Morgan fingerprint density at radius 1 is 1.27 bits per heavy atom. The third-order valence-corrected chi connectivity index (χ3v) is 4.90. The average Bonchev–Trinajstić information content (AvgIpc) is 2.69. The number of carbonyl (C=O) groups is 1. The van der Waals surface area contributed by atoms with E-state index in [-0.39, 0.29) is 11.6 Å². The van der Waals surface area contributed by atoms with Gasteiger partial charge in [0.2, 0.25) is 0 Å². The fourth-order valence-electron chi connectivity index (χ4n) is 3.45. The number of hydrogen-bond acceptors (Lipinski definition) is 5. The Bertz CT molecular complexity index is 696. The lowest BCUT2D eigenvalue weighted by Gasteiger charge is -2.28. The Balaban J connectivity index is 1.65. The molecule has 1 N–H and O–H groups in total. The minimum absolute atomic E-state index is 0.0328. The first-order valence-electron chi connectivity index (χ1n) is 9.22. The van der Waals surface area contributed by atoms with Crippen molar-refractivity contribution in [3.05, 3.63) is 45.5 Å². The number of benzene rings is 1. The summed E-state index contributed by atoms with van der Waals surface area (Å²) in [6.45, 7) is 2.89. The SMILES string of the molecule is O=C(NCCC1=CCCCC1)c1ccc(N2CCOCC2)c([N+](=O)[O-])c1. The number of hydrogen-bond donors (Lipinski definition) is 1. The Morgan fingerprint density at radius 2 is 2.08 bits per heavy atom. The maximum absolute atomic E-state index is 12.4. The van der Waals surface area contributed by atoms with Crippen LogP contribution in [0.4, 0.5) is 11.4 Å². The standard InChI is InChI=1S/C19H25N3O4/c23-19(20-9-8-15-4-2-1-3-5-15)16-6-7-17(18(14-16)22(24)25)21-10-12-26-13-11-21/h4,6-7,14H,1-3,5,8-13H2,(H,20,23). The zero-order valence-corrected chi connectivity index (χ0v) is 14.9. The summed E-state index contributed by atoms with van der Waals surface area (Å²) in [6.07, 6.45) is 7.80. The zero-order chi connectivity index (χ0) is 18.4. The second-order valence-electron chi connectivity index (χ2n) is 6.67. The molecule has 0 spiro atoms. The summed E-state index contributed by atoms with van der Waals surface area (Å²) in [6, 6.07) is 4.70. The normalized spacial score (nSPS) is 17.5. The van der Waals surface area contributed by atoms with Crippen LogP contribution in [-0.2, 0) is 4.74 Å². The highest BCUT2D eigenvalue weighted by Gasteiger charge is 2.23. The first kappa shape index (κ1) is 18.4. The first-order valence-corrected chi connectivity index (χ1v) is 9.22. The summed E-state index contributed by atoms with van der Waals surface area (Å²) < 4.78 is 5.30. The van der Waals surface area contributed by atoms with Crippen LogP contribution in [0.15, 0.2) is 29.8 Å². The number of amides is 1. The quantitative estimate of drug-likeness (QED) is 0.479. The smallest absolute Gasteiger partial charge is 0.293 e. The lowest BCUT2D eigenvalue weighted by molar-refractivity contribution is -0.384. The molecule has 1 aliphatic carbocycles. The van der Waals surface area contributed by atoms with Crippen molar-refractivity contribution >= 4 is 17.3 Å². The van der Waals surface area contributed by atoms with Gasteiger partial charge in [0.25, 0.3) is 11.6 Å². The van der Waals surface area contributed by atoms with E-state index in [9.17, 15) is 14.9 Å². The predicted octanol–water partition coefficient (Wildman–Crippen LogP) is 3.05. The summed E-state index contributed by atoms with van der Waals surface area (Å²) >= 11 is 0. The minimum atomic E-state index is -0.422. The number of allylic oxidation sites excluding steroid dienone is 1. The minimum Gasteiger partial charge on any atom is -0.378 e. The van der Waals surface area contributed by atoms with Crippen LogP contribution in [-0.4, -0.2) is 43.7 Å². The number of nitro benzene ring substituents is 1. The Morgan fingerprint density at radius 3 is 2.77 bits per heavy atom. The van der Waals surface area contributed by atoms with Crippen LogP contribution in [0, 0.1) is 10.1 Å². The van der Waals surface area contributed by atoms with Gasteiger partial charge in [0, 0.05) is 31.3 Å². The van der Waals surface area contributed by atoms with Gasteiger partial charge in [-0.1, -0.05) is 11.6 Å². The number of nitrogens with one attached hydrogen (secondary N) is 1. The molecule has 1 heterocycles. The van der Waals surface area contributed by atoms with E-state index in [2.05, 4.69) is 11.4 Å². The molecule has 1 aliphatic heterocycles. The number of anilines is 1.